The molecule has 0 atom stereocenters. The fraction of sp³-hybridized carbons (Fsp3) is 0.647. The molecule has 0 amide bonds. The Morgan fingerprint density at radius 3 is 2.59 bits per heavy atom. The molecule has 0 aromatic carbocycles. The molecule has 1 fully saturated rings. The Bertz CT molecular complexity index is 686. The minimum absolute atomic E-state index is 0.916. The molecule has 5 heteroatoms. The molecule has 1 saturated heterocycles. The van der Waals surface area contributed by atoms with E-state index in [4.69, 9.17) is 9.97 Å². The van der Waals surface area contributed by atoms with Gasteiger partial charge < -0.3 is 9.80 Å². The molecule has 4 rings (SSSR count). The standard InChI is InChI=1S/C17H24N4S/c1-3-20-8-10-21(11-9-20)16-15-13-6-4-5-7-14(13)22-17(15)19-12(2)18-16/h3-11H2,1-2H3. The minimum atomic E-state index is 0.916. The Labute approximate surface area is 136 Å². The molecule has 4 nitrogen and oxygen atoms in total. The smallest absolute Gasteiger partial charge is 0.141 e. The van der Waals surface area contributed by atoms with Gasteiger partial charge in [-0.1, -0.05) is 6.92 Å². The van der Waals surface area contributed by atoms with Crippen LogP contribution in [0.1, 0.15) is 36.0 Å². The number of aryl methyl sites for hydroxylation is 3. The van der Waals surface area contributed by atoms with E-state index < -0.39 is 0 Å². The average Bonchev–Trinajstić information content (AvgIpc) is 2.92. The molecule has 0 radical (unpaired) electrons. The maximum absolute atomic E-state index is 4.86. The van der Waals surface area contributed by atoms with Gasteiger partial charge in [0, 0.05) is 31.1 Å². The number of hydrogen-bond acceptors (Lipinski definition) is 5. The fourth-order valence-corrected chi connectivity index (χ4v) is 5.05. The Hall–Kier alpha value is -1.20. The van der Waals surface area contributed by atoms with Crippen LogP contribution >= 0.6 is 11.3 Å². The van der Waals surface area contributed by atoms with Crippen LogP contribution in [-0.2, 0) is 12.8 Å². The summed E-state index contributed by atoms with van der Waals surface area (Å²) in [5.41, 5.74) is 1.55. The second kappa shape index (κ2) is 5.78. The van der Waals surface area contributed by atoms with Crippen LogP contribution in [0.3, 0.4) is 0 Å². The number of hydrogen-bond donors (Lipinski definition) is 0. The zero-order valence-corrected chi connectivity index (χ0v) is 14.4. The van der Waals surface area contributed by atoms with Gasteiger partial charge in [0.2, 0.25) is 0 Å². The van der Waals surface area contributed by atoms with Crippen LogP contribution in [0.15, 0.2) is 0 Å². The van der Waals surface area contributed by atoms with E-state index in [0.29, 0.717) is 0 Å². The van der Waals surface area contributed by atoms with Gasteiger partial charge in [0.05, 0.1) is 5.39 Å². The quantitative estimate of drug-likeness (QED) is 0.852. The van der Waals surface area contributed by atoms with Crippen LogP contribution in [-0.4, -0.2) is 47.6 Å². The summed E-state index contributed by atoms with van der Waals surface area (Å²) in [6, 6.07) is 0. The minimum Gasteiger partial charge on any atom is -0.353 e. The van der Waals surface area contributed by atoms with Gasteiger partial charge in [-0.25, -0.2) is 9.97 Å². The third-order valence-electron chi connectivity index (χ3n) is 5.03. The molecule has 22 heavy (non-hydrogen) atoms. The highest BCUT2D eigenvalue weighted by Crippen LogP contribution is 2.39. The van der Waals surface area contributed by atoms with Crippen molar-refractivity contribution in [3.63, 3.8) is 0 Å². The summed E-state index contributed by atoms with van der Waals surface area (Å²) in [4.78, 5) is 17.4. The lowest BCUT2D eigenvalue weighted by Crippen LogP contribution is -2.46. The third kappa shape index (κ3) is 2.40. The van der Waals surface area contributed by atoms with E-state index in [1.165, 1.54) is 41.7 Å². The molecule has 2 aliphatic rings. The van der Waals surface area contributed by atoms with E-state index in [0.717, 1.165) is 38.5 Å². The number of thiophene rings is 1. The van der Waals surface area contributed by atoms with Crippen molar-refractivity contribution < 1.29 is 0 Å². The second-order valence-corrected chi connectivity index (χ2v) is 7.49. The normalized spacial score (nSPS) is 19.6. The van der Waals surface area contributed by atoms with Crippen molar-refractivity contribution in [1.82, 2.24) is 14.9 Å². The lowest BCUT2D eigenvalue weighted by Gasteiger charge is -2.35. The number of piperazine rings is 1. The van der Waals surface area contributed by atoms with Crippen LogP contribution in [0, 0.1) is 6.92 Å². The Morgan fingerprint density at radius 1 is 1.05 bits per heavy atom. The molecule has 118 valence electrons. The molecule has 1 aliphatic heterocycles. The molecule has 2 aromatic rings. The predicted molar refractivity (Wildman–Crippen MR) is 93.1 cm³/mol. The highest BCUT2D eigenvalue weighted by molar-refractivity contribution is 7.19. The molecule has 0 bridgehead atoms. The number of fused-ring (bicyclic) bond motifs is 3. The Balaban J connectivity index is 1.78. The molecular weight excluding hydrogens is 292 g/mol. The van der Waals surface area contributed by atoms with E-state index >= 15 is 0 Å². The molecule has 0 unspecified atom stereocenters. The van der Waals surface area contributed by atoms with E-state index in [1.54, 1.807) is 10.4 Å². The number of likely N-dealkylation sites (N-methyl/N-ethyl adjacent to an activating group) is 1. The topological polar surface area (TPSA) is 32.3 Å². The fourth-order valence-electron chi connectivity index (χ4n) is 3.75. The summed E-state index contributed by atoms with van der Waals surface area (Å²) < 4.78 is 0. The molecule has 2 aromatic heterocycles. The zero-order chi connectivity index (χ0) is 15.1. The first kappa shape index (κ1) is 14.4. The third-order valence-corrected chi connectivity index (χ3v) is 6.21. The summed E-state index contributed by atoms with van der Waals surface area (Å²) in [6.45, 7) is 9.90. The number of nitrogens with zero attached hydrogens (tertiary/aromatic N) is 4. The Kier molecular flexibility index (Phi) is 3.78. The van der Waals surface area contributed by atoms with Crippen molar-refractivity contribution in [2.45, 2.75) is 39.5 Å². The van der Waals surface area contributed by atoms with Gasteiger partial charge in [0.25, 0.3) is 0 Å². The van der Waals surface area contributed by atoms with E-state index in [-0.39, 0.29) is 0 Å². The number of rotatable bonds is 2. The van der Waals surface area contributed by atoms with E-state index in [2.05, 4.69) is 16.7 Å². The van der Waals surface area contributed by atoms with Crippen molar-refractivity contribution in [3.05, 3.63) is 16.3 Å². The summed E-state index contributed by atoms with van der Waals surface area (Å²) in [6.07, 6.45) is 5.09. The molecule has 0 saturated carbocycles. The molecule has 0 spiro atoms. The Morgan fingerprint density at radius 2 is 1.82 bits per heavy atom. The van der Waals surface area contributed by atoms with Gasteiger partial charge in [-0.05, 0) is 44.7 Å². The van der Waals surface area contributed by atoms with Crippen molar-refractivity contribution in [2.24, 2.45) is 0 Å². The molecule has 1 aliphatic carbocycles. The van der Waals surface area contributed by atoms with Crippen LogP contribution in [0.25, 0.3) is 10.2 Å². The molecule has 0 N–H and O–H groups in total. The summed E-state index contributed by atoms with van der Waals surface area (Å²) in [7, 11) is 0. The summed E-state index contributed by atoms with van der Waals surface area (Å²) in [5, 5.41) is 1.37. The van der Waals surface area contributed by atoms with Crippen LogP contribution in [0.5, 0.6) is 0 Å². The zero-order valence-electron chi connectivity index (χ0n) is 13.6. The van der Waals surface area contributed by atoms with Gasteiger partial charge in [-0.15, -0.1) is 11.3 Å². The first-order valence-corrected chi connectivity index (χ1v) is 9.34. The number of anilines is 1. The monoisotopic (exact) mass is 316 g/mol. The van der Waals surface area contributed by atoms with Crippen molar-refractivity contribution in [1.29, 1.82) is 0 Å². The van der Waals surface area contributed by atoms with E-state index in [9.17, 15) is 0 Å². The van der Waals surface area contributed by atoms with Crippen molar-refractivity contribution >= 4 is 27.4 Å². The van der Waals surface area contributed by atoms with Gasteiger partial charge in [-0.3, -0.25) is 0 Å². The molecular formula is C17H24N4S. The molecule has 3 heterocycles. The number of aromatic nitrogens is 2. The lowest BCUT2D eigenvalue weighted by atomic mass is 9.97. The maximum Gasteiger partial charge on any atom is 0.141 e. The van der Waals surface area contributed by atoms with Gasteiger partial charge in [0.1, 0.15) is 16.5 Å². The van der Waals surface area contributed by atoms with Crippen LogP contribution in [0.4, 0.5) is 5.82 Å². The predicted octanol–water partition coefficient (Wildman–Crippen LogP) is 3.02. The van der Waals surface area contributed by atoms with Crippen molar-refractivity contribution in [2.75, 3.05) is 37.6 Å². The van der Waals surface area contributed by atoms with Crippen LogP contribution < -0.4 is 4.90 Å². The van der Waals surface area contributed by atoms with Crippen molar-refractivity contribution in [3.8, 4) is 0 Å². The first-order valence-electron chi connectivity index (χ1n) is 8.52. The van der Waals surface area contributed by atoms with E-state index in [1.807, 2.05) is 18.3 Å². The SMILES string of the molecule is CCN1CCN(c2nc(C)nc3sc4c(c23)CCCC4)CC1. The highest BCUT2D eigenvalue weighted by atomic mass is 32.1. The van der Waals surface area contributed by atoms with Crippen LogP contribution in [0.2, 0.25) is 0 Å². The van der Waals surface area contributed by atoms with Gasteiger partial charge >= 0.3 is 0 Å². The highest BCUT2D eigenvalue weighted by Gasteiger charge is 2.25. The first-order chi connectivity index (χ1) is 10.8. The maximum atomic E-state index is 4.86. The summed E-state index contributed by atoms with van der Waals surface area (Å²) >= 11 is 1.91. The second-order valence-electron chi connectivity index (χ2n) is 6.41. The average molecular weight is 316 g/mol. The van der Waals surface area contributed by atoms with Gasteiger partial charge in [-0.2, -0.15) is 0 Å². The lowest BCUT2D eigenvalue weighted by molar-refractivity contribution is 0.270. The van der Waals surface area contributed by atoms with Gasteiger partial charge in [0.15, 0.2) is 0 Å². The largest absolute Gasteiger partial charge is 0.353 e. The summed E-state index contributed by atoms with van der Waals surface area (Å²) in [5.74, 6) is 2.12.